The number of likely N-dealkylation sites (N-methyl/N-ethyl adjacent to an activating group) is 1. The summed E-state index contributed by atoms with van der Waals surface area (Å²) in [6.07, 6.45) is 0. The van der Waals surface area contributed by atoms with Gasteiger partial charge < -0.3 is 29.5 Å². The van der Waals surface area contributed by atoms with Crippen molar-refractivity contribution in [1.82, 2.24) is 9.80 Å². The van der Waals surface area contributed by atoms with Gasteiger partial charge in [0.25, 0.3) is 11.7 Å². The average Bonchev–Trinajstić information content (AvgIpc) is 3.10. The molecule has 188 valence electrons. The van der Waals surface area contributed by atoms with Gasteiger partial charge in [-0.15, -0.1) is 0 Å². The number of Topliss-reactive ketones (excluding diaryl/α,β-unsaturated/α-hetero) is 1. The van der Waals surface area contributed by atoms with Crippen molar-refractivity contribution < 1.29 is 29.3 Å². The number of rotatable bonds is 10. The maximum Gasteiger partial charge on any atom is 0.295 e. The van der Waals surface area contributed by atoms with Crippen molar-refractivity contribution in [3.05, 3.63) is 57.6 Å². The van der Waals surface area contributed by atoms with Gasteiger partial charge in [0.15, 0.2) is 11.5 Å². The summed E-state index contributed by atoms with van der Waals surface area (Å²) in [5.74, 6) is -0.959. The standard InChI is InChI=1S/C26H31BrN2O6/c1-5-28(6-2)12-13-29-23(16-8-10-19(30)21(15-16)35-7-3)22(25(32)26(29)33)24(31)17-9-11-20(34-4)18(27)14-17/h8-11,14-15,23,30-31H,5-7,12-13H2,1-4H3/b24-22-. The third-order valence-corrected chi connectivity index (χ3v) is 6.74. The number of ketones is 1. The van der Waals surface area contributed by atoms with E-state index < -0.39 is 17.7 Å². The van der Waals surface area contributed by atoms with Crippen molar-refractivity contribution in [3.8, 4) is 17.2 Å². The van der Waals surface area contributed by atoms with Gasteiger partial charge >= 0.3 is 0 Å². The zero-order valence-corrected chi connectivity index (χ0v) is 22.0. The molecule has 0 bridgehead atoms. The van der Waals surface area contributed by atoms with Gasteiger partial charge in [-0.3, -0.25) is 9.59 Å². The maximum absolute atomic E-state index is 13.2. The van der Waals surface area contributed by atoms with Gasteiger partial charge in [0.05, 0.1) is 29.8 Å². The first kappa shape index (κ1) is 26.6. The molecule has 0 aliphatic carbocycles. The fourth-order valence-corrected chi connectivity index (χ4v) is 4.73. The number of benzene rings is 2. The van der Waals surface area contributed by atoms with E-state index in [9.17, 15) is 19.8 Å². The number of methoxy groups -OCH3 is 1. The molecule has 1 atom stereocenters. The Bertz CT molecular complexity index is 1130. The number of aliphatic hydroxyl groups is 1. The second-order valence-electron chi connectivity index (χ2n) is 8.03. The predicted octanol–water partition coefficient (Wildman–Crippen LogP) is 4.33. The van der Waals surface area contributed by atoms with Crippen molar-refractivity contribution in [2.24, 2.45) is 0 Å². The second-order valence-corrected chi connectivity index (χ2v) is 8.88. The molecule has 1 aliphatic heterocycles. The van der Waals surface area contributed by atoms with Crippen molar-refractivity contribution in [1.29, 1.82) is 0 Å². The molecule has 1 saturated heterocycles. The molecule has 0 spiro atoms. The molecule has 1 aliphatic rings. The maximum atomic E-state index is 13.2. The van der Waals surface area contributed by atoms with E-state index in [0.717, 1.165) is 13.1 Å². The van der Waals surface area contributed by atoms with Crippen LogP contribution >= 0.6 is 15.9 Å². The first-order valence-electron chi connectivity index (χ1n) is 11.6. The van der Waals surface area contributed by atoms with E-state index in [4.69, 9.17) is 9.47 Å². The molecule has 0 saturated carbocycles. The number of ether oxygens (including phenoxy) is 2. The van der Waals surface area contributed by atoms with Crippen molar-refractivity contribution in [3.63, 3.8) is 0 Å². The van der Waals surface area contributed by atoms with E-state index in [1.54, 1.807) is 37.3 Å². The topological polar surface area (TPSA) is 99.5 Å². The Hall–Kier alpha value is -3.04. The second kappa shape index (κ2) is 11.6. The van der Waals surface area contributed by atoms with Crippen molar-refractivity contribution in [2.75, 3.05) is 39.9 Å². The molecule has 1 amide bonds. The Morgan fingerprint density at radius 3 is 2.40 bits per heavy atom. The predicted molar refractivity (Wildman–Crippen MR) is 137 cm³/mol. The Morgan fingerprint density at radius 1 is 1.09 bits per heavy atom. The van der Waals surface area contributed by atoms with Crippen LogP contribution in [0.2, 0.25) is 0 Å². The summed E-state index contributed by atoms with van der Waals surface area (Å²) in [5, 5.41) is 21.5. The molecule has 0 aromatic heterocycles. The Balaban J connectivity index is 2.16. The van der Waals surface area contributed by atoms with Crippen LogP contribution in [0.1, 0.15) is 37.9 Å². The lowest BCUT2D eigenvalue weighted by atomic mass is 9.95. The summed E-state index contributed by atoms with van der Waals surface area (Å²) in [6, 6.07) is 8.80. The highest BCUT2D eigenvalue weighted by atomic mass is 79.9. The summed E-state index contributed by atoms with van der Waals surface area (Å²) < 4.78 is 11.4. The van der Waals surface area contributed by atoms with Gasteiger partial charge in [-0.05, 0) is 71.8 Å². The van der Waals surface area contributed by atoms with E-state index in [1.165, 1.54) is 18.1 Å². The number of aliphatic hydroxyl groups excluding tert-OH is 1. The SMILES string of the molecule is CCOc1cc(C2/C(=C(/O)c3ccc(OC)c(Br)c3)C(=O)C(=O)N2CCN(CC)CC)ccc1O. The van der Waals surface area contributed by atoms with Crippen LogP contribution in [0.25, 0.3) is 5.76 Å². The number of phenolic OH excluding ortho intramolecular Hbond substituents is 1. The number of hydrogen-bond acceptors (Lipinski definition) is 7. The lowest BCUT2D eigenvalue weighted by Crippen LogP contribution is -2.38. The van der Waals surface area contributed by atoms with E-state index >= 15 is 0 Å². The fourth-order valence-electron chi connectivity index (χ4n) is 4.19. The molecular weight excluding hydrogens is 516 g/mol. The number of carbonyl (C=O) groups is 2. The third-order valence-electron chi connectivity index (χ3n) is 6.12. The third kappa shape index (κ3) is 5.46. The molecule has 2 N–H and O–H groups in total. The van der Waals surface area contributed by atoms with Crippen LogP contribution in [-0.4, -0.2) is 71.6 Å². The number of nitrogens with zero attached hydrogens (tertiary/aromatic N) is 2. The van der Waals surface area contributed by atoms with Crippen LogP contribution in [-0.2, 0) is 9.59 Å². The lowest BCUT2D eigenvalue weighted by Gasteiger charge is -2.28. The van der Waals surface area contributed by atoms with Crippen molar-refractivity contribution >= 4 is 33.4 Å². The Kier molecular flexibility index (Phi) is 8.80. The highest BCUT2D eigenvalue weighted by Crippen LogP contribution is 2.42. The molecule has 1 heterocycles. The number of hydrogen-bond donors (Lipinski definition) is 2. The van der Waals surface area contributed by atoms with Gasteiger partial charge in [-0.2, -0.15) is 0 Å². The largest absolute Gasteiger partial charge is 0.507 e. The van der Waals surface area contributed by atoms with Crippen LogP contribution in [0.3, 0.4) is 0 Å². The summed E-state index contributed by atoms with van der Waals surface area (Å²) in [4.78, 5) is 30.0. The minimum Gasteiger partial charge on any atom is -0.507 e. The van der Waals surface area contributed by atoms with Gasteiger partial charge in [0, 0.05) is 18.7 Å². The minimum absolute atomic E-state index is 0.0141. The molecule has 1 fully saturated rings. The number of amides is 1. The first-order chi connectivity index (χ1) is 16.8. The quantitative estimate of drug-likeness (QED) is 0.260. The van der Waals surface area contributed by atoms with Gasteiger partial charge in [0.2, 0.25) is 0 Å². The number of aromatic hydroxyl groups is 1. The average molecular weight is 547 g/mol. The number of halogens is 1. The van der Waals surface area contributed by atoms with Crippen LogP contribution < -0.4 is 9.47 Å². The van der Waals surface area contributed by atoms with E-state index in [2.05, 4.69) is 20.8 Å². The zero-order chi connectivity index (χ0) is 25.7. The zero-order valence-electron chi connectivity index (χ0n) is 20.4. The Morgan fingerprint density at radius 2 is 1.80 bits per heavy atom. The smallest absolute Gasteiger partial charge is 0.295 e. The van der Waals surface area contributed by atoms with Gasteiger partial charge in [-0.25, -0.2) is 0 Å². The fraction of sp³-hybridized carbons (Fsp3) is 0.385. The molecule has 35 heavy (non-hydrogen) atoms. The molecule has 3 rings (SSSR count). The number of phenols is 1. The van der Waals surface area contributed by atoms with E-state index in [0.29, 0.717) is 41.0 Å². The van der Waals surface area contributed by atoms with Gasteiger partial charge in [-0.1, -0.05) is 19.9 Å². The van der Waals surface area contributed by atoms with Gasteiger partial charge in [0.1, 0.15) is 11.5 Å². The molecular formula is C26H31BrN2O6. The van der Waals surface area contributed by atoms with Crippen LogP contribution in [0.15, 0.2) is 46.4 Å². The van der Waals surface area contributed by atoms with Crippen LogP contribution in [0, 0.1) is 0 Å². The van der Waals surface area contributed by atoms with Crippen LogP contribution in [0.5, 0.6) is 17.2 Å². The molecule has 0 radical (unpaired) electrons. The molecule has 2 aromatic rings. The summed E-state index contributed by atoms with van der Waals surface area (Å²) >= 11 is 3.40. The summed E-state index contributed by atoms with van der Waals surface area (Å²) in [6.45, 7) is 8.67. The molecule has 9 heteroatoms. The molecule has 8 nitrogen and oxygen atoms in total. The monoisotopic (exact) mass is 546 g/mol. The Labute approximate surface area is 213 Å². The van der Waals surface area contributed by atoms with Crippen LogP contribution in [0.4, 0.5) is 0 Å². The lowest BCUT2D eigenvalue weighted by molar-refractivity contribution is -0.140. The van der Waals surface area contributed by atoms with E-state index in [-0.39, 0.29) is 22.8 Å². The summed E-state index contributed by atoms with van der Waals surface area (Å²) in [5.41, 5.74) is 0.909. The molecule has 1 unspecified atom stereocenters. The number of likely N-dealkylation sites (tertiary alicyclic amines) is 1. The summed E-state index contributed by atoms with van der Waals surface area (Å²) in [7, 11) is 1.53. The number of carbonyl (C=O) groups excluding carboxylic acids is 2. The highest BCUT2D eigenvalue weighted by molar-refractivity contribution is 9.10. The van der Waals surface area contributed by atoms with E-state index in [1.807, 2.05) is 13.8 Å². The minimum atomic E-state index is -0.841. The highest BCUT2D eigenvalue weighted by Gasteiger charge is 2.46. The first-order valence-corrected chi connectivity index (χ1v) is 12.4. The molecule has 2 aromatic carbocycles. The normalized spacial score (nSPS) is 17.3. The van der Waals surface area contributed by atoms with Crippen molar-refractivity contribution in [2.45, 2.75) is 26.8 Å².